The molecule has 2 aromatic heterocycles. The third-order valence-electron chi connectivity index (χ3n) is 5.11. The average molecular weight is 423 g/mol. The first kappa shape index (κ1) is 22.6. The molecule has 0 radical (unpaired) electrons. The summed E-state index contributed by atoms with van der Waals surface area (Å²) in [5.74, 6) is 3.23. The van der Waals surface area contributed by atoms with Gasteiger partial charge in [-0.05, 0) is 42.5 Å². The Morgan fingerprint density at radius 2 is 1.97 bits per heavy atom. The van der Waals surface area contributed by atoms with E-state index in [1.807, 2.05) is 12.1 Å². The van der Waals surface area contributed by atoms with Crippen LogP contribution in [0, 0.1) is 5.92 Å². The van der Waals surface area contributed by atoms with E-state index < -0.39 is 0 Å². The highest BCUT2D eigenvalue weighted by Crippen LogP contribution is 2.15. The van der Waals surface area contributed by atoms with Gasteiger partial charge in [0.25, 0.3) is 0 Å². The molecular weight excluding hydrogens is 388 g/mol. The first-order valence-electron chi connectivity index (χ1n) is 11.1. The number of benzene rings is 1. The fraction of sp³-hybridized carbons (Fsp3) is 0.458. The maximum atomic E-state index is 5.43. The lowest BCUT2D eigenvalue weighted by Crippen LogP contribution is -2.40. The summed E-state index contributed by atoms with van der Waals surface area (Å²) < 4.78 is 7.49. The molecule has 3 aromatic rings. The van der Waals surface area contributed by atoms with Crippen LogP contribution in [0.1, 0.15) is 56.4 Å². The zero-order valence-electron chi connectivity index (χ0n) is 19.0. The Kier molecular flexibility index (Phi) is 8.27. The SMILES string of the molecule is CCc1nncn1CCNC(=NCc1ccco1)NC(C)c1ccc(CC(C)C)cc1. The van der Waals surface area contributed by atoms with Crippen LogP contribution in [0.5, 0.6) is 0 Å². The molecule has 0 saturated carbocycles. The number of nitrogens with zero attached hydrogens (tertiary/aromatic N) is 4. The summed E-state index contributed by atoms with van der Waals surface area (Å²) in [7, 11) is 0. The molecule has 0 aliphatic rings. The summed E-state index contributed by atoms with van der Waals surface area (Å²) >= 11 is 0. The van der Waals surface area contributed by atoms with Crippen molar-refractivity contribution in [2.24, 2.45) is 10.9 Å². The maximum absolute atomic E-state index is 5.43. The highest BCUT2D eigenvalue weighted by molar-refractivity contribution is 5.80. The van der Waals surface area contributed by atoms with Gasteiger partial charge in [-0.2, -0.15) is 0 Å². The predicted molar refractivity (Wildman–Crippen MR) is 124 cm³/mol. The van der Waals surface area contributed by atoms with Gasteiger partial charge >= 0.3 is 0 Å². The van der Waals surface area contributed by atoms with Gasteiger partial charge in [0, 0.05) is 19.5 Å². The lowest BCUT2D eigenvalue weighted by Gasteiger charge is -2.19. The van der Waals surface area contributed by atoms with Crippen molar-refractivity contribution >= 4 is 5.96 Å². The number of hydrogen-bond donors (Lipinski definition) is 2. The predicted octanol–water partition coefficient (Wildman–Crippen LogP) is 4.13. The Balaban J connectivity index is 1.63. The zero-order valence-corrected chi connectivity index (χ0v) is 19.0. The maximum Gasteiger partial charge on any atom is 0.192 e. The lowest BCUT2D eigenvalue weighted by molar-refractivity contribution is 0.511. The van der Waals surface area contributed by atoms with Gasteiger partial charge in [-0.1, -0.05) is 45.0 Å². The van der Waals surface area contributed by atoms with E-state index in [9.17, 15) is 0 Å². The van der Waals surface area contributed by atoms with Crippen LogP contribution in [0.15, 0.2) is 58.4 Å². The molecule has 3 rings (SSSR count). The minimum atomic E-state index is 0.122. The third-order valence-corrected chi connectivity index (χ3v) is 5.11. The molecular formula is C24H34N6O. The molecule has 7 nitrogen and oxygen atoms in total. The van der Waals surface area contributed by atoms with Crippen LogP contribution in [0.25, 0.3) is 0 Å². The van der Waals surface area contributed by atoms with Gasteiger partial charge in [0.1, 0.15) is 24.5 Å². The van der Waals surface area contributed by atoms with Gasteiger partial charge in [0.2, 0.25) is 0 Å². The van der Waals surface area contributed by atoms with Crippen molar-refractivity contribution < 1.29 is 4.42 Å². The summed E-state index contributed by atoms with van der Waals surface area (Å²) in [4.78, 5) is 4.71. The van der Waals surface area contributed by atoms with Gasteiger partial charge in [-0.25, -0.2) is 4.99 Å². The van der Waals surface area contributed by atoms with Crippen molar-refractivity contribution in [1.82, 2.24) is 25.4 Å². The van der Waals surface area contributed by atoms with Crippen LogP contribution in [-0.4, -0.2) is 27.3 Å². The Hall–Kier alpha value is -3.09. The Morgan fingerprint density at radius 3 is 2.65 bits per heavy atom. The van der Waals surface area contributed by atoms with E-state index >= 15 is 0 Å². The first-order valence-corrected chi connectivity index (χ1v) is 11.1. The molecule has 1 aromatic carbocycles. The number of hydrogen-bond acceptors (Lipinski definition) is 4. The van der Waals surface area contributed by atoms with E-state index in [2.05, 4.69) is 77.4 Å². The van der Waals surface area contributed by atoms with Crippen molar-refractivity contribution in [1.29, 1.82) is 0 Å². The summed E-state index contributed by atoms with van der Waals surface area (Å²) in [5, 5.41) is 15.1. The second kappa shape index (κ2) is 11.3. The zero-order chi connectivity index (χ0) is 22.1. The van der Waals surface area contributed by atoms with Gasteiger partial charge in [-0.3, -0.25) is 0 Å². The molecule has 166 valence electrons. The number of aliphatic imine (C=N–C) groups is 1. The van der Waals surface area contributed by atoms with E-state index in [-0.39, 0.29) is 6.04 Å². The van der Waals surface area contributed by atoms with Gasteiger partial charge in [0.05, 0.1) is 12.3 Å². The number of aromatic nitrogens is 3. The number of rotatable bonds is 10. The highest BCUT2D eigenvalue weighted by atomic mass is 16.3. The fourth-order valence-corrected chi connectivity index (χ4v) is 3.45. The van der Waals surface area contributed by atoms with E-state index in [0.717, 1.165) is 43.5 Å². The van der Waals surface area contributed by atoms with E-state index in [1.54, 1.807) is 12.6 Å². The molecule has 0 bridgehead atoms. The van der Waals surface area contributed by atoms with Crippen molar-refractivity contribution in [3.8, 4) is 0 Å². The Labute approximate surface area is 185 Å². The van der Waals surface area contributed by atoms with Crippen molar-refractivity contribution in [2.75, 3.05) is 6.54 Å². The van der Waals surface area contributed by atoms with Gasteiger partial charge in [0.15, 0.2) is 5.96 Å². The smallest absolute Gasteiger partial charge is 0.192 e. The fourth-order valence-electron chi connectivity index (χ4n) is 3.45. The molecule has 31 heavy (non-hydrogen) atoms. The minimum Gasteiger partial charge on any atom is -0.467 e. The second-order valence-corrected chi connectivity index (χ2v) is 8.17. The van der Waals surface area contributed by atoms with Crippen molar-refractivity contribution in [2.45, 2.75) is 59.7 Å². The summed E-state index contributed by atoms with van der Waals surface area (Å²) in [6.07, 6.45) is 5.41. The molecule has 7 heteroatoms. The summed E-state index contributed by atoms with van der Waals surface area (Å²) in [6, 6.07) is 12.8. The largest absolute Gasteiger partial charge is 0.467 e. The molecule has 0 fully saturated rings. The van der Waals surface area contributed by atoms with Crippen LogP contribution in [-0.2, 0) is 25.9 Å². The standard InChI is InChI=1S/C24H34N6O/c1-5-23-29-27-17-30(23)13-12-25-24(26-16-22-7-6-14-31-22)28-19(4)21-10-8-20(9-11-21)15-18(2)3/h6-11,14,17-19H,5,12-13,15-16H2,1-4H3,(H2,25,26,28). The number of furan rings is 1. The van der Waals surface area contributed by atoms with Gasteiger partial charge in [-0.15, -0.1) is 10.2 Å². The van der Waals surface area contributed by atoms with Crippen molar-refractivity contribution in [3.05, 3.63) is 71.7 Å². The monoisotopic (exact) mass is 422 g/mol. The lowest BCUT2D eigenvalue weighted by atomic mass is 10.00. The second-order valence-electron chi connectivity index (χ2n) is 8.17. The number of aryl methyl sites for hydroxylation is 1. The molecule has 2 heterocycles. The topological polar surface area (TPSA) is 80.3 Å². The summed E-state index contributed by atoms with van der Waals surface area (Å²) in [6.45, 7) is 10.7. The normalized spacial score (nSPS) is 12.9. The minimum absolute atomic E-state index is 0.122. The average Bonchev–Trinajstić information content (AvgIpc) is 3.43. The molecule has 2 N–H and O–H groups in total. The molecule has 1 unspecified atom stereocenters. The number of nitrogens with one attached hydrogen (secondary N) is 2. The molecule has 0 spiro atoms. The van der Waals surface area contributed by atoms with E-state index in [4.69, 9.17) is 9.41 Å². The molecule has 0 aliphatic heterocycles. The van der Waals surface area contributed by atoms with Crippen LogP contribution in [0.3, 0.4) is 0 Å². The van der Waals surface area contributed by atoms with Crippen LogP contribution in [0.2, 0.25) is 0 Å². The molecule has 0 saturated heterocycles. The quantitative estimate of drug-likeness (QED) is 0.379. The van der Waals surface area contributed by atoms with E-state index in [1.165, 1.54) is 11.1 Å². The Bertz CT molecular complexity index is 927. The van der Waals surface area contributed by atoms with Crippen LogP contribution >= 0.6 is 0 Å². The summed E-state index contributed by atoms with van der Waals surface area (Å²) in [5.41, 5.74) is 2.60. The van der Waals surface area contributed by atoms with Crippen LogP contribution in [0.4, 0.5) is 0 Å². The number of guanidine groups is 1. The molecule has 0 aliphatic carbocycles. The first-order chi connectivity index (χ1) is 15.0. The van der Waals surface area contributed by atoms with Crippen molar-refractivity contribution in [3.63, 3.8) is 0 Å². The molecule has 0 amide bonds. The Morgan fingerprint density at radius 1 is 1.16 bits per heavy atom. The molecule has 1 atom stereocenters. The van der Waals surface area contributed by atoms with E-state index in [0.29, 0.717) is 12.5 Å². The van der Waals surface area contributed by atoms with Crippen LogP contribution < -0.4 is 10.6 Å². The third kappa shape index (κ3) is 6.98. The van der Waals surface area contributed by atoms with Gasteiger partial charge < -0.3 is 19.6 Å². The highest BCUT2D eigenvalue weighted by Gasteiger charge is 2.10.